The quantitative estimate of drug-likeness (QED) is 0.579. The molecule has 0 radical (unpaired) electrons. The van der Waals surface area contributed by atoms with Gasteiger partial charge < -0.3 is 5.32 Å². The summed E-state index contributed by atoms with van der Waals surface area (Å²) >= 11 is 6.32. The summed E-state index contributed by atoms with van der Waals surface area (Å²) in [6.45, 7) is 0. The normalized spacial score (nSPS) is 10.9. The third-order valence-corrected chi connectivity index (χ3v) is 4.56. The minimum absolute atomic E-state index is 0.197. The van der Waals surface area contributed by atoms with Crippen LogP contribution in [0.5, 0.6) is 0 Å². The predicted octanol–water partition coefficient (Wildman–Crippen LogP) is 4.22. The Bertz CT molecular complexity index is 1150. The van der Waals surface area contributed by atoms with Gasteiger partial charge in [-0.1, -0.05) is 11.6 Å². The van der Waals surface area contributed by atoms with E-state index in [4.69, 9.17) is 11.6 Å². The van der Waals surface area contributed by atoms with E-state index in [9.17, 15) is 9.18 Å². The number of nitrogens with zero attached hydrogens (tertiary/aromatic N) is 3. The van der Waals surface area contributed by atoms with Crippen molar-refractivity contribution < 1.29 is 9.18 Å². The predicted molar refractivity (Wildman–Crippen MR) is 102 cm³/mol. The van der Waals surface area contributed by atoms with Crippen molar-refractivity contribution in [2.24, 2.45) is 0 Å². The fraction of sp³-hybridized carbons (Fsp3) is 0.0500. The second kappa shape index (κ2) is 6.81. The van der Waals surface area contributed by atoms with E-state index in [0.29, 0.717) is 27.5 Å². The summed E-state index contributed by atoms with van der Waals surface area (Å²) in [6, 6.07) is 14.9. The molecular weight excluding hydrogens is 367 g/mol. The smallest absolute Gasteiger partial charge is 0.251 e. The Morgan fingerprint density at radius 2 is 1.81 bits per heavy atom. The molecule has 0 atom stereocenters. The number of rotatable bonds is 3. The van der Waals surface area contributed by atoms with Crippen LogP contribution in [0.3, 0.4) is 0 Å². The summed E-state index contributed by atoms with van der Waals surface area (Å²) < 4.78 is 14.8. The van der Waals surface area contributed by atoms with E-state index in [1.54, 1.807) is 48.2 Å². The van der Waals surface area contributed by atoms with Crippen molar-refractivity contribution >= 4 is 23.0 Å². The molecule has 0 aliphatic heterocycles. The number of carbonyl (C=O) groups excluding carboxylic acids is 1. The summed E-state index contributed by atoms with van der Waals surface area (Å²) in [5, 5.41) is 7.55. The van der Waals surface area contributed by atoms with Gasteiger partial charge in [-0.05, 0) is 54.6 Å². The molecule has 7 heteroatoms. The van der Waals surface area contributed by atoms with E-state index in [-0.39, 0.29) is 11.7 Å². The molecule has 0 saturated carbocycles. The monoisotopic (exact) mass is 380 g/mol. The fourth-order valence-corrected chi connectivity index (χ4v) is 3.03. The third-order valence-electron chi connectivity index (χ3n) is 4.23. The molecule has 5 nitrogen and oxygen atoms in total. The lowest BCUT2D eigenvalue weighted by atomic mass is 10.1. The van der Waals surface area contributed by atoms with Crippen LogP contribution in [0.15, 0.2) is 60.9 Å². The maximum Gasteiger partial charge on any atom is 0.251 e. The molecule has 2 aromatic carbocycles. The summed E-state index contributed by atoms with van der Waals surface area (Å²) in [5.74, 6) is -0.492. The molecule has 134 valence electrons. The van der Waals surface area contributed by atoms with Crippen LogP contribution >= 0.6 is 11.6 Å². The van der Waals surface area contributed by atoms with E-state index in [0.717, 1.165) is 11.1 Å². The maximum atomic E-state index is 13.1. The van der Waals surface area contributed by atoms with Gasteiger partial charge in [0.1, 0.15) is 12.1 Å². The van der Waals surface area contributed by atoms with Gasteiger partial charge in [0.2, 0.25) is 0 Å². The Hall–Kier alpha value is -3.25. The van der Waals surface area contributed by atoms with Gasteiger partial charge in [0.15, 0.2) is 0 Å². The zero-order chi connectivity index (χ0) is 19.0. The Balaban J connectivity index is 1.78. The number of hydrogen-bond donors (Lipinski definition) is 1. The first-order valence-corrected chi connectivity index (χ1v) is 8.56. The van der Waals surface area contributed by atoms with Crippen LogP contribution in [0.4, 0.5) is 4.39 Å². The van der Waals surface area contributed by atoms with Gasteiger partial charge in [0, 0.05) is 23.7 Å². The molecule has 1 amide bonds. The number of fused-ring (bicyclic) bond motifs is 1. The Labute approximate surface area is 159 Å². The number of amides is 1. The van der Waals surface area contributed by atoms with Crippen molar-refractivity contribution in [3.63, 3.8) is 0 Å². The highest BCUT2D eigenvalue weighted by Crippen LogP contribution is 2.29. The molecule has 4 aromatic rings. The Kier molecular flexibility index (Phi) is 4.33. The highest BCUT2D eigenvalue weighted by Gasteiger charge is 2.12. The van der Waals surface area contributed by atoms with Crippen LogP contribution in [-0.2, 0) is 0 Å². The van der Waals surface area contributed by atoms with Crippen LogP contribution in [0.25, 0.3) is 28.0 Å². The second-order valence-corrected chi connectivity index (χ2v) is 6.36. The first-order chi connectivity index (χ1) is 13.0. The molecule has 1 N–H and O–H groups in total. The zero-order valence-electron chi connectivity index (χ0n) is 14.3. The van der Waals surface area contributed by atoms with E-state index >= 15 is 0 Å². The summed E-state index contributed by atoms with van der Waals surface area (Å²) in [5.41, 5.74) is 4.11. The topological polar surface area (TPSA) is 59.3 Å². The van der Waals surface area contributed by atoms with E-state index in [2.05, 4.69) is 15.4 Å². The second-order valence-electron chi connectivity index (χ2n) is 5.95. The van der Waals surface area contributed by atoms with Crippen LogP contribution in [0.1, 0.15) is 10.4 Å². The lowest BCUT2D eigenvalue weighted by molar-refractivity contribution is 0.0963. The number of benzene rings is 2. The number of aromatic nitrogens is 3. The van der Waals surface area contributed by atoms with Crippen molar-refractivity contribution in [3.05, 3.63) is 77.3 Å². The van der Waals surface area contributed by atoms with Crippen molar-refractivity contribution in [2.75, 3.05) is 7.05 Å². The molecule has 27 heavy (non-hydrogen) atoms. The largest absolute Gasteiger partial charge is 0.355 e. The van der Waals surface area contributed by atoms with E-state index < -0.39 is 0 Å². The molecule has 0 spiro atoms. The molecule has 4 rings (SSSR count). The van der Waals surface area contributed by atoms with Crippen LogP contribution in [0.2, 0.25) is 5.02 Å². The first-order valence-electron chi connectivity index (χ1n) is 8.18. The summed E-state index contributed by atoms with van der Waals surface area (Å²) in [7, 11) is 1.57. The van der Waals surface area contributed by atoms with Gasteiger partial charge in [-0.2, -0.15) is 5.10 Å². The minimum Gasteiger partial charge on any atom is -0.355 e. The lowest BCUT2D eigenvalue weighted by Gasteiger charge is -2.07. The highest BCUT2D eigenvalue weighted by molar-refractivity contribution is 6.33. The molecule has 0 bridgehead atoms. The first kappa shape index (κ1) is 17.2. The highest BCUT2D eigenvalue weighted by atomic mass is 35.5. The summed E-state index contributed by atoms with van der Waals surface area (Å²) in [4.78, 5) is 16.3. The molecule has 0 saturated heterocycles. The van der Waals surface area contributed by atoms with Gasteiger partial charge in [0.25, 0.3) is 5.91 Å². The standard InChI is InChI=1S/C20H14ClFN4O/c1-23-20(27)13-4-7-17(21)16(8-13)19-10-15-9-18(25-26(15)11-24-19)12-2-5-14(22)6-3-12/h2-11H,1H3,(H,23,27). The average molecular weight is 381 g/mol. The fourth-order valence-electron chi connectivity index (χ4n) is 2.82. The zero-order valence-corrected chi connectivity index (χ0v) is 15.0. The maximum absolute atomic E-state index is 13.1. The number of halogens is 2. The van der Waals surface area contributed by atoms with E-state index in [1.807, 2.05) is 12.1 Å². The molecule has 2 heterocycles. The number of nitrogens with one attached hydrogen (secondary N) is 1. The van der Waals surface area contributed by atoms with Crippen LogP contribution in [0, 0.1) is 5.82 Å². The van der Waals surface area contributed by atoms with Gasteiger partial charge >= 0.3 is 0 Å². The molecule has 2 aromatic heterocycles. The molecule has 0 aliphatic carbocycles. The van der Waals surface area contributed by atoms with Crippen molar-refractivity contribution in [1.82, 2.24) is 19.9 Å². The molecule has 0 fully saturated rings. The van der Waals surface area contributed by atoms with Crippen molar-refractivity contribution in [2.45, 2.75) is 0 Å². The number of hydrogen-bond acceptors (Lipinski definition) is 3. The van der Waals surface area contributed by atoms with Crippen LogP contribution < -0.4 is 5.32 Å². The molecule has 0 unspecified atom stereocenters. The SMILES string of the molecule is CNC(=O)c1ccc(Cl)c(-c2cc3cc(-c4ccc(F)cc4)nn3cn2)c1. The van der Waals surface area contributed by atoms with E-state index in [1.165, 1.54) is 12.1 Å². The van der Waals surface area contributed by atoms with Crippen molar-refractivity contribution in [3.8, 4) is 22.5 Å². The van der Waals surface area contributed by atoms with Gasteiger partial charge in [-0.15, -0.1) is 0 Å². The van der Waals surface area contributed by atoms with Gasteiger partial charge in [-0.3, -0.25) is 4.79 Å². The average Bonchev–Trinajstić information content (AvgIpc) is 3.11. The minimum atomic E-state index is -0.294. The Morgan fingerprint density at radius 3 is 2.56 bits per heavy atom. The van der Waals surface area contributed by atoms with Gasteiger partial charge in [0.05, 0.1) is 21.9 Å². The molecular formula is C20H14ClFN4O. The Morgan fingerprint density at radius 1 is 1.07 bits per heavy atom. The van der Waals surface area contributed by atoms with Gasteiger partial charge in [-0.25, -0.2) is 13.9 Å². The third kappa shape index (κ3) is 3.27. The summed E-state index contributed by atoms with van der Waals surface area (Å²) in [6.07, 6.45) is 1.58. The van der Waals surface area contributed by atoms with Crippen molar-refractivity contribution in [1.29, 1.82) is 0 Å². The lowest BCUT2D eigenvalue weighted by Crippen LogP contribution is -2.17. The molecule has 0 aliphatic rings. The van der Waals surface area contributed by atoms with Crippen LogP contribution in [-0.4, -0.2) is 27.6 Å². The number of carbonyl (C=O) groups is 1.